The molecule has 26 heavy (non-hydrogen) atoms. The van der Waals surface area contributed by atoms with Crippen LogP contribution in [0, 0.1) is 5.92 Å². The maximum Gasteiger partial charge on any atom is 0.227 e. The Morgan fingerprint density at radius 1 is 1.19 bits per heavy atom. The summed E-state index contributed by atoms with van der Waals surface area (Å²) >= 11 is 0. The van der Waals surface area contributed by atoms with Crippen LogP contribution in [0.2, 0.25) is 0 Å². The van der Waals surface area contributed by atoms with Crippen molar-refractivity contribution in [1.82, 2.24) is 10.2 Å². The molecule has 1 aromatic rings. The molecule has 6 heteroatoms. The highest BCUT2D eigenvalue weighted by molar-refractivity contribution is 5.97. The zero-order valence-electron chi connectivity index (χ0n) is 15.6. The zero-order chi connectivity index (χ0) is 17.6. The lowest BCUT2D eigenvalue weighted by atomic mass is 9.93. The summed E-state index contributed by atoms with van der Waals surface area (Å²) in [5.41, 5.74) is 2.19. The van der Waals surface area contributed by atoms with E-state index in [1.54, 1.807) is 4.90 Å². The van der Waals surface area contributed by atoms with Gasteiger partial charge in [0.05, 0.1) is 0 Å². The second-order valence-electron chi connectivity index (χ2n) is 7.14. The van der Waals surface area contributed by atoms with Crippen LogP contribution in [0.25, 0.3) is 0 Å². The number of nitrogens with one attached hydrogen (secondary N) is 1. The summed E-state index contributed by atoms with van der Waals surface area (Å²) in [5, 5.41) is 3.20. The molecule has 1 aromatic carbocycles. The largest absolute Gasteiger partial charge is 0.343 e. The summed E-state index contributed by atoms with van der Waals surface area (Å²) in [6, 6.07) is 8.04. The Hall–Kier alpha value is -1.59. The maximum absolute atomic E-state index is 12.6. The number of rotatable bonds is 6. The monoisotopic (exact) mass is 379 g/mol. The smallest absolute Gasteiger partial charge is 0.227 e. The number of benzene rings is 1. The number of carbonyl (C=O) groups excluding carboxylic acids is 2. The van der Waals surface area contributed by atoms with Crippen LogP contribution < -0.4 is 10.2 Å². The van der Waals surface area contributed by atoms with E-state index in [2.05, 4.69) is 11.4 Å². The summed E-state index contributed by atoms with van der Waals surface area (Å²) in [7, 11) is 1.98. The third-order valence-electron chi connectivity index (χ3n) is 5.51. The maximum atomic E-state index is 12.6. The number of piperidine rings is 1. The van der Waals surface area contributed by atoms with Gasteiger partial charge in [-0.2, -0.15) is 0 Å². The average molecular weight is 380 g/mol. The number of likely N-dealkylation sites (tertiary alicyclic amines) is 1. The number of amides is 2. The molecule has 0 aliphatic carbocycles. The van der Waals surface area contributed by atoms with Crippen molar-refractivity contribution in [1.29, 1.82) is 0 Å². The Morgan fingerprint density at radius 2 is 1.92 bits per heavy atom. The summed E-state index contributed by atoms with van der Waals surface area (Å²) in [6.45, 7) is 3.26. The number of para-hydroxylation sites is 1. The van der Waals surface area contributed by atoms with Crippen molar-refractivity contribution in [3.63, 3.8) is 0 Å². The lowest BCUT2D eigenvalue weighted by Crippen LogP contribution is -2.42. The number of hydrogen-bond acceptors (Lipinski definition) is 3. The highest BCUT2D eigenvalue weighted by Gasteiger charge is 2.26. The first-order valence-electron chi connectivity index (χ1n) is 9.49. The number of hydrogen-bond donors (Lipinski definition) is 1. The molecule has 144 valence electrons. The summed E-state index contributed by atoms with van der Waals surface area (Å²) in [6.07, 6.45) is 5.15. The molecule has 0 atom stereocenters. The molecule has 2 aliphatic heterocycles. The number of halogens is 1. The molecule has 0 radical (unpaired) electrons. The Labute approximate surface area is 162 Å². The SMILES string of the molecule is CNCCC1CCN(C(=O)CCN2C(=O)CCc3ccccc32)CC1.Cl. The first kappa shape index (κ1) is 20.7. The minimum absolute atomic E-state index is 0. The van der Waals surface area contributed by atoms with Crippen LogP contribution in [-0.4, -0.2) is 49.9 Å². The van der Waals surface area contributed by atoms with Gasteiger partial charge < -0.3 is 15.1 Å². The van der Waals surface area contributed by atoms with Crippen molar-refractivity contribution in [3.05, 3.63) is 29.8 Å². The van der Waals surface area contributed by atoms with Crippen LogP contribution in [0.3, 0.4) is 0 Å². The Kier molecular flexibility index (Phi) is 7.91. The molecule has 2 amide bonds. The second kappa shape index (κ2) is 9.93. The van der Waals surface area contributed by atoms with E-state index in [4.69, 9.17) is 0 Å². The first-order chi connectivity index (χ1) is 12.2. The topological polar surface area (TPSA) is 52.7 Å². The van der Waals surface area contributed by atoms with E-state index < -0.39 is 0 Å². The van der Waals surface area contributed by atoms with Crippen LogP contribution in [0.15, 0.2) is 24.3 Å². The summed E-state index contributed by atoms with van der Waals surface area (Å²) < 4.78 is 0. The van der Waals surface area contributed by atoms with Gasteiger partial charge in [0.2, 0.25) is 11.8 Å². The van der Waals surface area contributed by atoms with E-state index in [0.717, 1.165) is 50.5 Å². The third-order valence-corrected chi connectivity index (χ3v) is 5.51. The molecule has 1 N–H and O–H groups in total. The average Bonchev–Trinajstić information content (AvgIpc) is 2.65. The van der Waals surface area contributed by atoms with Crippen LogP contribution in [0.5, 0.6) is 0 Å². The van der Waals surface area contributed by atoms with Crippen LogP contribution in [0.4, 0.5) is 5.69 Å². The third kappa shape index (κ3) is 4.98. The van der Waals surface area contributed by atoms with Crippen molar-refractivity contribution in [3.8, 4) is 0 Å². The molecule has 0 aromatic heterocycles. The van der Waals surface area contributed by atoms with Crippen molar-refractivity contribution in [2.24, 2.45) is 5.92 Å². The van der Waals surface area contributed by atoms with Gasteiger partial charge in [0.15, 0.2) is 0 Å². The van der Waals surface area contributed by atoms with Crippen molar-refractivity contribution >= 4 is 29.9 Å². The predicted octanol–water partition coefficient (Wildman–Crippen LogP) is 2.63. The fourth-order valence-corrected chi connectivity index (χ4v) is 3.93. The number of carbonyl (C=O) groups is 2. The molecule has 0 saturated carbocycles. The molecule has 3 rings (SSSR count). The van der Waals surface area contributed by atoms with E-state index in [-0.39, 0.29) is 24.2 Å². The molecule has 2 heterocycles. The zero-order valence-corrected chi connectivity index (χ0v) is 16.4. The van der Waals surface area contributed by atoms with Gasteiger partial charge >= 0.3 is 0 Å². The van der Waals surface area contributed by atoms with Gasteiger partial charge in [-0.1, -0.05) is 18.2 Å². The highest BCUT2D eigenvalue weighted by Crippen LogP contribution is 2.28. The van der Waals surface area contributed by atoms with E-state index >= 15 is 0 Å². The molecule has 0 spiro atoms. The van der Waals surface area contributed by atoms with E-state index in [1.165, 1.54) is 12.0 Å². The van der Waals surface area contributed by atoms with E-state index in [1.807, 2.05) is 30.1 Å². The predicted molar refractivity (Wildman–Crippen MR) is 107 cm³/mol. The first-order valence-corrected chi connectivity index (χ1v) is 9.49. The van der Waals surface area contributed by atoms with Crippen molar-refractivity contribution < 1.29 is 9.59 Å². The van der Waals surface area contributed by atoms with Crippen LogP contribution in [0.1, 0.15) is 37.7 Å². The Morgan fingerprint density at radius 3 is 2.65 bits per heavy atom. The number of fused-ring (bicyclic) bond motifs is 1. The van der Waals surface area contributed by atoms with Crippen molar-refractivity contribution in [2.75, 3.05) is 38.1 Å². The minimum atomic E-state index is 0. The van der Waals surface area contributed by atoms with E-state index in [9.17, 15) is 9.59 Å². The quantitative estimate of drug-likeness (QED) is 0.826. The fraction of sp³-hybridized carbons (Fsp3) is 0.600. The number of anilines is 1. The Balaban J connectivity index is 0.00000243. The standard InChI is InChI=1S/C20H29N3O2.ClH/c1-21-12-8-16-9-13-22(14-10-16)19(24)11-15-23-18-5-3-2-4-17(18)6-7-20(23)25;/h2-5,16,21H,6-15H2,1H3;1H. The van der Waals surface area contributed by atoms with Gasteiger partial charge in [0.25, 0.3) is 0 Å². The summed E-state index contributed by atoms with van der Waals surface area (Å²) in [4.78, 5) is 28.6. The van der Waals surface area contributed by atoms with Gasteiger partial charge in [0.1, 0.15) is 0 Å². The fourth-order valence-electron chi connectivity index (χ4n) is 3.93. The van der Waals surface area contributed by atoms with Crippen LogP contribution in [-0.2, 0) is 16.0 Å². The normalized spacial score (nSPS) is 17.7. The molecule has 2 aliphatic rings. The molecule has 5 nitrogen and oxygen atoms in total. The highest BCUT2D eigenvalue weighted by atomic mass is 35.5. The molecular formula is C20H30ClN3O2. The molecular weight excluding hydrogens is 350 g/mol. The van der Waals surface area contributed by atoms with Gasteiger partial charge in [-0.25, -0.2) is 0 Å². The van der Waals surface area contributed by atoms with Gasteiger partial charge in [-0.15, -0.1) is 12.4 Å². The lowest BCUT2D eigenvalue weighted by molar-refractivity contribution is -0.132. The number of aryl methyl sites for hydroxylation is 1. The molecule has 0 bridgehead atoms. The van der Waals surface area contributed by atoms with Crippen LogP contribution >= 0.6 is 12.4 Å². The van der Waals surface area contributed by atoms with E-state index in [0.29, 0.717) is 19.4 Å². The summed E-state index contributed by atoms with van der Waals surface area (Å²) in [5.74, 6) is 1.05. The van der Waals surface area contributed by atoms with Gasteiger partial charge in [0, 0.05) is 38.2 Å². The minimum Gasteiger partial charge on any atom is -0.343 e. The second-order valence-corrected chi connectivity index (χ2v) is 7.14. The molecule has 0 unspecified atom stereocenters. The lowest BCUT2D eigenvalue weighted by Gasteiger charge is -2.33. The number of nitrogens with zero attached hydrogens (tertiary/aromatic N) is 2. The molecule has 1 fully saturated rings. The van der Waals surface area contributed by atoms with Gasteiger partial charge in [-0.05, 0) is 56.8 Å². The van der Waals surface area contributed by atoms with Gasteiger partial charge in [-0.3, -0.25) is 9.59 Å². The van der Waals surface area contributed by atoms with Crippen molar-refractivity contribution in [2.45, 2.75) is 38.5 Å². The molecule has 1 saturated heterocycles. The Bertz CT molecular complexity index is 615.